The number of rotatable bonds is 2. The van der Waals surface area contributed by atoms with Gasteiger partial charge in [0.25, 0.3) is 5.69 Å². The van der Waals surface area contributed by atoms with E-state index in [9.17, 15) is 20.0 Å². The van der Waals surface area contributed by atoms with Crippen LogP contribution in [0, 0.1) is 15.5 Å². The van der Waals surface area contributed by atoms with Gasteiger partial charge in [0, 0.05) is 11.8 Å². The molecule has 0 saturated heterocycles. The number of ether oxygens (including phenoxy) is 1. The van der Waals surface area contributed by atoms with E-state index >= 15 is 0 Å². The summed E-state index contributed by atoms with van der Waals surface area (Å²) in [6.07, 6.45) is -0.429. The molecule has 7 heteroatoms. The first kappa shape index (κ1) is 17.2. The lowest BCUT2D eigenvalue weighted by Crippen LogP contribution is -2.46. The van der Waals surface area contributed by atoms with Gasteiger partial charge < -0.3 is 15.2 Å². The van der Waals surface area contributed by atoms with Gasteiger partial charge in [-0.1, -0.05) is 20.8 Å². The monoisotopic (exact) mass is 322 g/mol. The molecule has 2 rings (SSSR count). The molecule has 0 aliphatic carbocycles. The summed E-state index contributed by atoms with van der Waals surface area (Å²) in [5.74, 6) is 0.0407. The van der Waals surface area contributed by atoms with Crippen molar-refractivity contribution in [3.05, 3.63) is 27.8 Å². The van der Waals surface area contributed by atoms with E-state index in [0.717, 1.165) is 0 Å². The summed E-state index contributed by atoms with van der Waals surface area (Å²) in [7, 11) is 0. The average Bonchev–Trinajstić information content (AvgIpc) is 2.38. The smallest absolute Gasteiger partial charge is 0.296 e. The molecule has 7 nitrogen and oxygen atoms in total. The Bertz CT molecular complexity index is 661. The Hall–Kier alpha value is -2.15. The van der Waals surface area contributed by atoms with E-state index < -0.39 is 22.0 Å². The van der Waals surface area contributed by atoms with Crippen molar-refractivity contribution in [2.45, 2.75) is 52.7 Å². The van der Waals surface area contributed by atoms with Crippen molar-refractivity contribution in [2.75, 3.05) is 5.32 Å². The van der Waals surface area contributed by atoms with Gasteiger partial charge in [-0.2, -0.15) is 0 Å². The maximum Gasteiger partial charge on any atom is 0.296 e. The second kappa shape index (κ2) is 5.49. The van der Waals surface area contributed by atoms with Crippen molar-refractivity contribution in [1.82, 2.24) is 0 Å². The summed E-state index contributed by atoms with van der Waals surface area (Å²) >= 11 is 0. The van der Waals surface area contributed by atoms with Crippen LogP contribution in [0.2, 0.25) is 0 Å². The predicted molar refractivity (Wildman–Crippen MR) is 85.6 cm³/mol. The van der Waals surface area contributed by atoms with Crippen LogP contribution in [0.5, 0.6) is 5.75 Å². The van der Waals surface area contributed by atoms with E-state index in [1.165, 1.54) is 12.1 Å². The number of nitro benzene ring substituents is 1. The highest BCUT2D eigenvalue weighted by molar-refractivity contribution is 5.96. The van der Waals surface area contributed by atoms with E-state index in [-0.39, 0.29) is 17.3 Å². The first-order valence-corrected chi connectivity index (χ1v) is 7.41. The van der Waals surface area contributed by atoms with Crippen molar-refractivity contribution < 1.29 is 19.6 Å². The van der Waals surface area contributed by atoms with Crippen molar-refractivity contribution >= 4 is 17.3 Å². The fraction of sp³-hybridized carbons (Fsp3) is 0.562. The highest BCUT2D eigenvalue weighted by atomic mass is 16.6. The second-order valence-corrected chi connectivity index (χ2v) is 7.36. The SMILES string of the molecule is CC(C)(C)C(=O)Nc1cc2c(cc1[N+](=O)[O-])OC(C)(C)C(O)C2. The Morgan fingerprint density at radius 1 is 1.43 bits per heavy atom. The average molecular weight is 322 g/mol. The molecule has 0 aromatic heterocycles. The van der Waals surface area contributed by atoms with Crippen LogP contribution in [0.1, 0.15) is 40.2 Å². The van der Waals surface area contributed by atoms with Crippen LogP contribution in [-0.2, 0) is 11.2 Å². The molecular weight excluding hydrogens is 300 g/mol. The predicted octanol–water partition coefficient (Wildman–Crippen LogP) is 2.65. The van der Waals surface area contributed by atoms with Crippen LogP contribution in [0.4, 0.5) is 11.4 Å². The normalized spacial score (nSPS) is 19.5. The number of anilines is 1. The first-order valence-electron chi connectivity index (χ1n) is 7.41. The number of carbonyl (C=O) groups excluding carboxylic acids is 1. The number of hydrogen-bond acceptors (Lipinski definition) is 5. The van der Waals surface area contributed by atoms with Gasteiger partial charge in [0.1, 0.15) is 17.0 Å². The number of nitrogens with one attached hydrogen (secondary N) is 1. The van der Waals surface area contributed by atoms with Crippen molar-refractivity contribution in [3.8, 4) is 5.75 Å². The van der Waals surface area contributed by atoms with Gasteiger partial charge in [0.2, 0.25) is 5.91 Å². The molecule has 0 bridgehead atoms. The largest absolute Gasteiger partial charge is 0.485 e. The van der Waals surface area contributed by atoms with E-state index in [2.05, 4.69) is 5.32 Å². The van der Waals surface area contributed by atoms with Crippen molar-refractivity contribution in [3.63, 3.8) is 0 Å². The maximum absolute atomic E-state index is 12.1. The van der Waals surface area contributed by atoms with Gasteiger partial charge in [0.05, 0.1) is 17.1 Å². The van der Waals surface area contributed by atoms with Crippen LogP contribution in [0.3, 0.4) is 0 Å². The molecule has 0 radical (unpaired) electrons. The number of nitro groups is 1. The lowest BCUT2D eigenvalue weighted by molar-refractivity contribution is -0.384. The zero-order chi connectivity index (χ0) is 17.6. The molecular formula is C16H22N2O5. The molecule has 0 saturated carbocycles. The highest BCUT2D eigenvalue weighted by Crippen LogP contribution is 2.40. The topological polar surface area (TPSA) is 102 Å². The van der Waals surface area contributed by atoms with E-state index in [1.807, 2.05) is 0 Å². The number of benzene rings is 1. The molecule has 1 aliphatic rings. The zero-order valence-corrected chi connectivity index (χ0v) is 14.0. The van der Waals surface area contributed by atoms with Crippen LogP contribution >= 0.6 is 0 Å². The summed E-state index contributed by atoms with van der Waals surface area (Å²) in [5.41, 5.74) is -0.983. The fourth-order valence-electron chi connectivity index (χ4n) is 2.23. The maximum atomic E-state index is 12.1. The number of aliphatic hydroxyl groups excluding tert-OH is 1. The quantitative estimate of drug-likeness (QED) is 0.644. The summed E-state index contributed by atoms with van der Waals surface area (Å²) in [4.78, 5) is 22.9. The van der Waals surface area contributed by atoms with Crippen molar-refractivity contribution in [1.29, 1.82) is 0 Å². The summed E-state index contributed by atoms with van der Waals surface area (Å²) < 4.78 is 5.68. The third kappa shape index (κ3) is 3.44. The number of nitrogens with zero attached hydrogens (tertiary/aromatic N) is 1. The molecule has 1 unspecified atom stereocenters. The van der Waals surface area contributed by atoms with Crippen LogP contribution < -0.4 is 10.1 Å². The Morgan fingerprint density at radius 3 is 2.57 bits per heavy atom. The van der Waals surface area contributed by atoms with Gasteiger partial charge in [-0.25, -0.2) is 0 Å². The van der Waals surface area contributed by atoms with Crippen LogP contribution in [-0.4, -0.2) is 27.6 Å². The molecule has 1 aromatic carbocycles. The third-order valence-electron chi connectivity index (χ3n) is 3.89. The molecule has 1 atom stereocenters. The molecule has 23 heavy (non-hydrogen) atoms. The second-order valence-electron chi connectivity index (χ2n) is 7.36. The number of fused-ring (bicyclic) bond motifs is 1. The highest BCUT2D eigenvalue weighted by Gasteiger charge is 2.37. The minimum Gasteiger partial charge on any atom is -0.485 e. The molecule has 1 heterocycles. The number of amides is 1. The Kier molecular flexibility index (Phi) is 4.11. The van der Waals surface area contributed by atoms with Crippen molar-refractivity contribution in [2.24, 2.45) is 5.41 Å². The van der Waals surface area contributed by atoms with Gasteiger partial charge >= 0.3 is 0 Å². The van der Waals surface area contributed by atoms with E-state index in [4.69, 9.17) is 4.74 Å². The zero-order valence-electron chi connectivity index (χ0n) is 14.0. The minimum absolute atomic E-state index is 0.115. The lowest BCUT2D eigenvalue weighted by atomic mass is 9.90. The summed E-state index contributed by atoms with van der Waals surface area (Å²) in [5, 5.41) is 24.0. The van der Waals surface area contributed by atoms with E-state index in [1.54, 1.807) is 34.6 Å². The Labute approximate surface area is 134 Å². The molecule has 2 N–H and O–H groups in total. The number of hydrogen-bond donors (Lipinski definition) is 2. The third-order valence-corrected chi connectivity index (χ3v) is 3.89. The minimum atomic E-state index is -0.822. The lowest BCUT2D eigenvalue weighted by Gasteiger charge is -2.37. The molecule has 0 fully saturated rings. The Morgan fingerprint density at radius 2 is 2.04 bits per heavy atom. The van der Waals surface area contributed by atoms with Gasteiger partial charge in [0.15, 0.2) is 0 Å². The Balaban J connectivity index is 2.46. The molecule has 1 amide bonds. The van der Waals surface area contributed by atoms with Gasteiger partial charge in [-0.15, -0.1) is 0 Å². The first-order chi connectivity index (χ1) is 10.4. The summed E-state index contributed by atoms with van der Waals surface area (Å²) in [6.45, 7) is 8.62. The molecule has 126 valence electrons. The summed E-state index contributed by atoms with van der Waals surface area (Å²) in [6, 6.07) is 2.82. The van der Waals surface area contributed by atoms with E-state index in [0.29, 0.717) is 17.7 Å². The molecule has 1 aliphatic heterocycles. The number of carbonyl (C=O) groups is 1. The van der Waals surface area contributed by atoms with Gasteiger partial charge in [-0.05, 0) is 25.5 Å². The number of aliphatic hydroxyl groups is 1. The molecule has 1 aromatic rings. The molecule has 0 spiro atoms. The standard InChI is InChI=1S/C16H22N2O5/c1-15(2,3)14(20)17-10-6-9-7-13(19)16(4,5)23-12(9)8-11(10)18(21)22/h6,8,13,19H,7H2,1-5H3,(H,17,20). The van der Waals surface area contributed by atoms with Crippen LogP contribution in [0.15, 0.2) is 12.1 Å². The van der Waals surface area contributed by atoms with Gasteiger partial charge in [-0.3, -0.25) is 14.9 Å². The fourth-order valence-corrected chi connectivity index (χ4v) is 2.23. The van der Waals surface area contributed by atoms with Crippen LogP contribution in [0.25, 0.3) is 0 Å².